The van der Waals surface area contributed by atoms with Crippen molar-refractivity contribution in [2.24, 2.45) is 0 Å². The summed E-state index contributed by atoms with van der Waals surface area (Å²) in [6.07, 6.45) is 3.59. The summed E-state index contributed by atoms with van der Waals surface area (Å²) in [4.78, 5) is 14.5. The molecule has 1 aliphatic carbocycles. The summed E-state index contributed by atoms with van der Waals surface area (Å²) in [5, 5.41) is 0. The molecule has 2 atom stereocenters. The number of morpholine rings is 1. The van der Waals surface area contributed by atoms with Gasteiger partial charge in [0.1, 0.15) is 0 Å². The SMILES string of the molecule is CCOC(=O)c1cccc(N)c1N1CCOC2CCCC21. The minimum atomic E-state index is -0.305. The number of benzene rings is 1. The molecule has 0 radical (unpaired) electrons. The molecular formula is C16H22N2O3. The first kappa shape index (κ1) is 14.2. The number of esters is 1. The van der Waals surface area contributed by atoms with E-state index in [0.29, 0.717) is 30.5 Å². The van der Waals surface area contributed by atoms with E-state index in [2.05, 4.69) is 4.90 Å². The van der Waals surface area contributed by atoms with Gasteiger partial charge in [0.15, 0.2) is 0 Å². The lowest BCUT2D eigenvalue weighted by atomic mass is 10.0. The number of hydrogen-bond acceptors (Lipinski definition) is 5. The highest BCUT2D eigenvalue weighted by Gasteiger charge is 2.38. The molecule has 2 aliphatic rings. The Bertz CT molecular complexity index is 532. The quantitative estimate of drug-likeness (QED) is 0.683. The van der Waals surface area contributed by atoms with Crippen molar-refractivity contribution in [3.8, 4) is 0 Å². The molecule has 1 saturated heterocycles. The summed E-state index contributed by atoms with van der Waals surface area (Å²) in [6, 6.07) is 5.76. The number of anilines is 2. The number of carbonyl (C=O) groups excluding carboxylic acids is 1. The molecule has 1 aliphatic heterocycles. The second-order valence-electron chi connectivity index (χ2n) is 5.56. The molecule has 5 heteroatoms. The lowest BCUT2D eigenvalue weighted by molar-refractivity contribution is 0.0254. The van der Waals surface area contributed by atoms with Crippen LogP contribution in [0, 0.1) is 0 Å². The number of fused-ring (bicyclic) bond motifs is 1. The lowest BCUT2D eigenvalue weighted by Crippen LogP contribution is -2.49. The third kappa shape index (κ3) is 2.58. The summed E-state index contributed by atoms with van der Waals surface area (Å²) in [6.45, 7) is 3.62. The molecule has 3 rings (SSSR count). The Labute approximate surface area is 125 Å². The van der Waals surface area contributed by atoms with E-state index in [4.69, 9.17) is 15.2 Å². The molecule has 5 nitrogen and oxygen atoms in total. The van der Waals surface area contributed by atoms with Gasteiger partial charge < -0.3 is 20.1 Å². The average molecular weight is 290 g/mol. The van der Waals surface area contributed by atoms with Crippen LogP contribution in [0.25, 0.3) is 0 Å². The minimum Gasteiger partial charge on any atom is -0.462 e. The second-order valence-corrected chi connectivity index (χ2v) is 5.56. The zero-order valence-electron chi connectivity index (χ0n) is 12.4. The van der Waals surface area contributed by atoms with Crippen LogP contribution in [-0.4, -0.2) is 37.9 Å². The Morgan fingerprint density at radius 1 is 1.48 bits per heavy atom. The van der Waals surface area contributed by atoms with Gasteiger partial charge in [0.25, 0.3) is 0 Å². The zero-order chi connectivity index (χ0) is 14.8. The monoisotopic (exact) mass is 290 g/mol. The number of nitrogens with zero attached hydrogens (tertiary/aromatic N) is 1. The number of para-hydroxylation sites is 1. The first-order valence-electron chi connectivity index (χ1n) is 7.66. The maximum absolute atomic E-state index is 12.2. The summed E-state index contributed by atoms with van der Waals surface area (Å²) in [5.74, 6) is -0.305. The highest BCUT2D eigenvalue weighted by molar-refractivity contribution is 5.99. The summed E-state index contributed by atoms with van der Waals surface area (Å²) >= 11 is 0. The van der Waals surface area contributed by atoms with E-state index in [1.54, 1.807) is 12.1 Å². The molecule has 2 N–H and O–H groups in total. The molecule has 2 fully saturated rings. The average Bonchev–Trinajstić information content (AvgIpc) is 2.96. The van der Waals surface area contributed by atoms with Crippen molar-refractivity contribution in [3.63, 3.8) is 0 Å². The molecule has 0 amide bonds. The third-order valence-corrected chi connectivity index (χ3v) is 4.33. The Balaban J connectivity index is 1.98. The number of rotatable bonds is 3. The molecule has 1 saturated carbocycles. The fourth-order valence-corrected chi connectivity index (χ4v) is 3.46. The normalized spacial score (nSPS) is 24.7. The van der Waals surface area contributed by atoms with Crippen molar-refractivity contribution in [1.29, 1.82) is 0 Å². The number of ether oxygens (including phenoxy) is 2. The number of carbonyl (C=O) groups is 1. The predicted octanol–water partition coefficient (Wildman–Crippen LogP) is 2.20. The van der Waals surface area contributed by atoms with E-state index >= 15 is 0 Å². The maximum atomic E-state index is 12.2. The number of nitrogens with two attached hydrogens (primary N) is 1. The molecule has 21 heavy (non-hydrogen) atoms. The highest BCUT2D eigenvalue weighted by Crippen LogP contribution is 2.37. The van der Waals surface area contributed by atoms with Gasteiger partial charge in [-0.05, 0) is 38.3 Å². The van der Waals surface area contributed by atoms with Crippen molar-refractivity contribution >= 4 is 17.3 Å². The topological polar surface area (TPSA) is 64.8 Å². The van der Waals surface area contributed by atoms with Crippen LogP contribution in [0.5, 0.6) is 0 Å². The molecule has 1 aromatic rings. The molecule has 2 unspecified atom stereocenters. The fraction of sp³-hybridized carbons (Fsp3) is 0.562. The standard InChI is InChI=1S/C16H22N2O3/c1-2-20-16(19)11-5-3-6-12(17)15(11)18-9-10-21-14-8-4-7-13(14)18/h3,5-6,13-14H,2,4,7-10,17H2,1H3. The van der Waals surface area contributed by atoms with Crippen LogP contribution in [0.1, 0.15) is 36.5 Å². The molecule has 1 heterocycles. The van der Waals surface area contributed by atoms with Gasteiger partial charge in [-0.3, -0.25) is 0 Å². The first-order valence-corrected chi connectivity index (χ1v) is 7.66. The fourth-order valence-electron chi connectivity index (χ4n) is 3.46. The predicted molar refractivity (Wildman–Crippen MR) is 81.5 cm³/mol. The van der Waals surface area contributed by atoms with E-state index in [0.717, 1.165) is 31.5 Å². The smallest absolute Gasteiger partial charge is 0.340 e. The van der Waals surface area contributed by atoms with Gasteiger partial charge in [0.2, 0.25) is 0 Å². The van der Waals surface area contributed by atoms with Crippen LogP contribution in [0.2, 0.25) is 0 Å². The summed E-state index contributed by atoms with van der Waals surface area (Å²) in [7, 11) is 0. The zero-order valence-corrected chi connectivity index (χ0v) is 12.4. The van der Waals surface area contributed by atoms with Crippen molar-refractivity contribution in [2.75, 3.05) is 30.4 Å². The van der Waals surface area contributed by atoms with Gasteiger partial charge in [0, 0.05) is 6.54 Å². The molecule has 0 aromatic heterocycles. The largest absolute Gasteiger partial charge is 0.462 e. The Morgan fingerprint density at radius 3 is 3.14 bits per heavy atom. The second kappa shape index (κ2) is 5.93. The highest BCUT2D eigenvalue weighted by atomic mass is 16.5. The van der Waals surface area contributed by atoms with Gasteiger partial charge in [-0.2, -0.15) is 0 Å². The van der Waals surface area contributed by atoms with Gasteiger partial charge >= 0.3 is 5.97 Å². The van der Waals surface area contributed by atoms with Crippen LogP contribution >= 0.6 is 0 Å². The van der Waals surface area contributed by atoms with E-state index in [1.165, 1.54) is 0 Å². The minimum absolute atomic E-state index is 0.258. The van der Waals surface area contributed by atoms with E-state index < -0.39 is 0 Å². The van der Waals surface area contributed by atoms with Crippen molar-refractivity contribution in [2.45, 2.75) is 38.3 Å². The van der Waals surface area contributed by atoms with Crippen LogP contribution in [0.15, 0.2) is 18.2 Å². The molecule has 114 valence electrons. The van der Waals surface area contributed by atoms with Gasteiger partial charge in [0.05, 0.1) is 42.3 Å². The Kier molecular flexibility index (Phi) is 4.01. The van der Waals surface area contributed by atoms with Gasteiger partial charge in [-0.25, -0.2) is 4.79 Å². The summed E-state index contributed by atoms with van der Waals surface area (Å²) in [5.41, 5.74) is 8.19. The van der Waals surface area contributed by atoms with E-state index in [9.17, 15) is 4.79 Å². The summed E-state index contributed by atoms with van der Waals surface area (Å²) < 4.78 is 11.0. The number of nitrogen functional groups attached to an aromatic ring is 1. The van der Waals surface area contributed by atoms with Gasteiger partial charge in [-0.15, -0.1) is 0 Å². The van der Waals surface area contributed by atoms with Crippen LogP contribution in [-0.2, 0) is 9.47 Å². The molecular weight excluding hydrogens is 268 g/mol. The van der Waals surface area contributed by atoms with Gasteiger partial charge in [-0.1, -0.05) is 6.07 Å². The third-order valence-electron chi connectivity index (χ3n) is 4.33. The first-order chi connectivity index (χ1) is 10.2. The van der Waals surface area contributed by atoms with E-state index in [1.807, 2.05) is 13.0 Å². The van der Waals surface area contributed by atoms with Crippen molar-refractivity contribution < 1.29 is 14.3 Å². The molecule has 0 bridgehead atoms. The lowest BCUT2D eigenvalue weighted by Gasteiger charge is -2.40. The Hall–Kier alpha value is -1.75. The van der Waals surface area contributed by atoms with Crippen LogP contribution < -0.4 is 10.6 Å². The molecule has 1 aromatic carbocycles. The number of hydrogen-bond donors (Lipinski definition) is 1. The Morgan fingerprint density at radius 2 is 2.33 bits per heavy atom. The van der Waals surface area contributed by atoms with Crippen molar-refractivity contribution in [1.82, 2.24) is 0 Å². The van der Waals surface area contributed by atoms with E-state index in [-0.39, 0.29) is 12.1 Å². The van der Waals surface area contributed by atoms with Crippen LogP contribution in [0.3, 0.4) is 0 Å². The van der Waals surface area contributed by atoms with Crippen LogP contribution in [0.4, 0.5) is 11.4 Å². The maximum Gasteiger partial charge on any atom is 0.340 e. The molecule has 0 spiro atoms. The van der Waals surface area contributed by atoms with Crippen molar-refractivity contribution in [3.05, 3.63) is 23.8 Å².